The minimum absolute atomic E-state index is 0.0399. The molecule has 0 aliphatic carbocycles. The molecule has 0 radical (unpaired) electrons. The molecule has 0 bridgehead atoms. The molecule has 1 aromatic carbocycles. The van der Waals surface area contributed by atoms with Gasteiger partial charge < -0.3 is 15.1 Å². The summed E-state index contributed by atoms with van der Waals surface area (Å²) in [5.74, 6) is 0. The van der Waals surface area contributed by atoms with Crippen molar-refractivity contribution in [3.63, 3.8) is 0 Å². The lowest BCUT2D eigenvalue weighted by Crippen LogP contribution is -2.21. The average Bonchev–Trinajstić information content (AvgIpc) is 2.25. The van der Waals surface area contributed by atoms with Gasteiger partial charge in [-0.3, -0.25) is 0 Å². The van der Waals surface area contributed by atoms with Crippen molar-refractivity contribution in [2.45, 2.75) is 26.1 Å². The molecule has 0 saturated carbocycles. The summed E-state index contributed by atoms with van der Waals surface area (Å²) >= 11 is 3.42. The molecular formula is C12H18BrNO2. The van der Waals surface area contributed by atoms with Crippen LogP contribution in [0.2, 0.25) is 0 Å². The zero-order valence-corrected chi connectivity index (χ0v) is 11.2. The molecule has 3 nitrogen and oxygen atoms in total. The molecule has 0 saturated heterocycles. The second-order valence-corrected chi connectivity index (χ2v) is 4.85. The van der Waals surface area contributed by atoms with Crippen LogP contribution in [0.5, 0.6) is 0 Å². The maximum absolute atomic E-state index is 9.22. The first kappa shape index (κ1) is 13.5. The average molecular weight is 288 g/mol. The third-order valence-electron chi connectivity index (χ3n) is 2.53. The largest absolute Gasteiger partial charge is 0.393 e. The van der Waals surface area contributed by atoms with Gasteiger partial charge in [0.25, 0.3) is 0 Å². The first-order chi connectivity index (χ1) is 7.54. The van der Waals surface area contributed by atoms with E-state index in [2.05, 4.69) is 20.8 Å². The van der Waals surface area contributed by atoms with Crippen LogP contribution in [0.4, 0.5) is 5.69 Å². The number of benzene rings is 1. The molecule has 0 aliphatic heterocycles. The number of hydrogen-bond donors (Lipinski definition) is 2. The van der Waals surface area contributed by atoms with Crippen LogP contribution in [0.15, 0.2) is 22.7 Å². The molecule has 2 N–H and O–H groups in total. The highest BCUT2D eigenvalue weighted by atomic mass is 79.9. The lowest BCUT2D eigenvalue weighted by atomic mass is 10.2. The molecule has 1 rings (SSSR count). The Morgan fingerprint density at radius 2 is 2.12 bits per heavy atom. The Kier molecular flexibility index (Phi) is 5.25. The van der Waals surface area contributed by atoms with E-state index >= 15 is 0 Å². The molecule has 16 heavy (non-hydrogen) atoms. The number of aliphatic hydroxyl groups is 2. The minimum Gasteiger partial charge on any atom is -0.393 e. The molecule has 0 amide bonds. The highest BCUT2D eigenvalue weighted by Crippen LogP contribution is 2.23. The van der Waals surface area contributed by atoms with Gasteiger partial charge in [-0.2, -0.15) is 0 Å². The highest BCUT2D eigenvalue weighted by molar-refractivity contribution is 9.10. The number of halogens is 1. The van der Waals surface area contributed by atoms with E-state index in [0.29, 0.717) is 0 Å². The molecule has 0 heterocycles. The lowest BCUT2D eigenvalue weighted by molar-refractivity contribution is 0.187. The summed E-state index contributed by atoms with van der Waals surface area (Å²) in [7, 11) is 1.99. The quantitative estimate of drug-likeness (QED) is 0.872. The van der Waals surface area contributed by atoms with Gasteiger partial charge in [-0.25, -0.2) is 0 Å². The van der Waals surface area contributed by atoms with Crippen LogP contribution in [0.25, 0.3) is 0 Å². The Balaban J connectivity index is 2.69. The maximum atomic E-state index is 9.22. The van der Waals surface area contributed by atoms with Crippen molar-refractivity contribution in [1.82, 2.24) is 0 Å². The van der Waals surface area contributed by atoms with E-state index in [4.69, 9.17) is 5.11 Å². The van der Waals surface area contributed by atoms with Gasteiger partial charge in [-0.05, 0) is 31.0 Å². The van der Waals surface area contributed by atoms with Gasteiger partial charge >= 0.3 is 0 Å². The molecule has 0 aromatic heterocycles. The van der Waals surface area contributed by atoms with Gasteiger partial charge in [0.2, 0.25) is 0 Å². The third-order valence-corrected chi connectivity index (χ3v) is 3.27. The minimum atomic E-state index is -0.275. The van der Waals surface area contributed by atoms with Gasteiger partial charge in [0.1, 0.15) is 0 Å². The molecule has 1 atom stereocenters. The van der Waals surface area contributed by atoms with Crippen molar-refractivity contribution in [1.29, 1.82) is 0 Å². The summed E-state index contributed by atoms with van der Waals surface area (Å²) < 4.78 is 0.913. The summed E-state index contributed by atoms with van der Waals surface area (Å²) in [6.45, 7) is 2.64. The van der Waals surface area contributed by atoms with E-state index < -0.39 is 0 Å². The molecular weight excluding hydrogens is 270 g/mol. The van der Waals surface area contributed by atoms with Crippen LogP contribution < -0.4 is 4.90 Å². The fraction of sp³-hybridized carbons (Fsp3) is 0.500. The molecule has 0 spiro atoms. The van der Waals surface area contributed by atoms with E-state index in [0.717, 1.165) is 28.7 Å². The lowest BCUT2D eigenvalue weighted by Gasteiger charge is -2.20. The van der Waals surface area contributed by atoms with E-state index in [1.54, 1.807) is 6.92 Å². The Labute approximate surface area is 105 Å². The van der Waals surface area contributed by atoms with E-state index in [9.17, 15) is 5.11 Å². The second kappa shape index (κ2) is 6.23. The monoisotopic (exact) mass is 287 g/mol. The summed E-state index contributed by atoms with van der Waals surface area (Å²) in [6, 6.07) is 5.85. The predicted octanol–water partition coefficient (Wildman–Crippen LogP) is 2.15. The summed E-state index contributed by atoms with van der Waals surface area (Å²) in [4.78, 5) is 2.08. The smallest absolute Gasteiger partial charge is 0.0692 e. The number of rotatable bonds is 5. The Morgan fingerprint density at radius 1 is 1.44 bits per heavy atom. The van der Waals surface area contributed by atoms with Gasteiger partial charge in [-0.15, -0.1) is 0 Å². The zero-order valence-electron chi connectivity index (χ0n) is 9.65. The number of nitrogens with zero attached hydrogens (tertiary/aromatic N) is 1. The normalized spacial score (nSPS) is 12.6. The van der Waals surface area contributed by atoms with Crippen molar-refractivity contribution in [3.8, 4) is 0 Å². The van der Waals surface area contributed by atoms with Gasteiger partial charge in [0, 0.05) is 23.8 Å². The second-order valence-electron chi connectivity index (χ2n) is 3.99. The Bertz CT molecular complexity index is 342. The van der Waals surface area contributed by atoms with Crippen LogP contribution in [0.1, 0.15) is 18.9 Å². The van der Waals surface area contributed by atoms with Gasteiger partial charge in [0.15, 0.2) is 0 Å². The van der Waals surface area contributed by atoms with E-state index in [-0.39, 0.29) is 12.7 Å². The zero-order chi connectivity index (χ0) is 12.1. The summed E-state index contributed by atoms with van der Waals surface area (Å²) in [5.41, 5.74) is 1.96. The number of anilines is 1. The van der Waals surface area contributed by atoms with Crippen LogP contribution >= 0.6 is 15.9 Å². The van der Waals surface area contributed by atoms with Crippen molar-refractivity contribution in [2.24, 2.45) is 0 Å². The number of aliphatic hydroxyl groups excluding tert-OH is 2. The highest BCUT2D eigenvalue weighted by Gasteiger charge is 2.05. The fourth-order valence-corrected chi connectivity index (χ4v) is 1.90. The van der Waals surface area contributed by atoms with Crippen LogP contribution in [0.3, 0.4) is 0 Å². The molecule has 1 unspecified atom stereocenters. The molecule has 0 aliphatic rings. The van der Waals surface area contributed by atoms with Crippen molar-refractivity contribution >= 4 is 21.6 Å². The van der Waals surface area contributed by atoms with E-state index in [1.165, 1.54) is 0 Å². The van der Waals surface area contributed by atoms with E-state index in [1.807, 2.05) is 25.2 Å². The SMILES string of the molecule is CC(O)CCN(C)c1ccc(CO)c(Br)c1. The first-order valence-corrected chi connectivity index (χ1v) is 6.12. The van der Waals surface area contributed by atoms with Crippen LogP contribution in [-0.4, -0.2) is 29.9 Å². The Morgan fingerprint density at radius 3 is 2.62 bits per heavy atom. The third kappa shape index (κ3) is 3.77. The van der Waals surface area contributed by atoms with Gasteiger partial charge in [0.05, 0.1) is 12.7 Å². The summed E-state index contributed by atoms with van der Waals surface area (Å²) in [5, 5.41) is 18.3. The van der Waals surface area contributed by atoms with Crippen LogP contribution in [-0.2, 0) is 6.61 Å². The van der Waals surface area contributed by atoms with Crippen molar-refractivity contribution in [2.75, 3.05) is 18.5 Å². The predicted molar refractivity (Wildman–Crippen MR) is 69.6 cm³/mol. The maximum Gasteiger partial charge on any atom is 0.0692 e. The number of hydrogen-bond acceptors (Lipinski definition) is 3. The molecule has 1 aromatic rings. The van der Waals surface area contributed by atoms with Crippen molar-refractivity contribution < 1.29 is 10.2 Å². The fourth-order valence-electron chi connectivity index (χ4n) is 1.41. The topological polar surface area (TPSA) is 43.7 Å². The van der Waals surface area contributed by atoms with Gasteiger partial charge in [-0.1, -0.05) is 22.0 Å². The first-order valence-electron chi connectivity index (χ1n) is 5.33. The molecule has 90 valence electrons. The molecule has 4 heteroatoms. The summed E-state index contributed by atoms with van der Waals surface area (Å²) in [6.07, 6.45) is 0.471. The Hall–Kier alpha value is -0.580. The van der Waals surface area contributed by atoms with Crippen LogP contribution in [0, 0.1) is 0 Å². The van der Waals surface area contributed by atoms with Crippen molar-refractivity contribution in [3.05, 3.63) is 28.2 Å². The molecule has 0 fully saturated rings. The standard InChI is InChI=1S/C12H18BrNO2/c1-9(16)5-6-14(2)11-4-3-10(8-15)12(13)7-11/h3-4,7,9,15-16H,5-6,8H2,1-2H3.